The number of halogens is 4. The summed E-state index contributed by atoms with van der Waals surface area (Å²) < 4.78 is 46.6. The average molecular weight is 522 g/mol. The molecule has 12 heteroatoms. The number of amides is 2. The Balaban J connectivity index is 1.50. The monoisotopic (exact) mass is 521 g/mol. The lowest BCUT2D eigenvalue weighted by molar-refractivity contribution is -0.128. The van der Waals surface area contributed by atoms with Crippen molar-refractivity contribution in [3.8, 4) is 11.3 Å². The predicted octanol–water partition coefficient (Wildman–Crippen LogP) is 4.37. The summed E-state index contributed by atoms with van der Waals surface area (Å²) in [5.41, 5.74) is -0.619. The number of carbonyl (C=O) groups is 2. The minimum absolute atomic E-state index is 0.178. The van der Waals surface area contributed by atoms with Crippen LogP contribution in [0.1, 0.15) is 24.4 Å². The molecule has 0 radical (unpaired) electrons. The highest BCUT2D eigenvalue weighted by Gasteiger charge is 2.68. The number of carbonyl (C=O) groups excluding carboxylic acids is 2. The van der Waals surface area contributed by atoms with Gasteiger partial charge in [-0.05, 0) is 42.1 Å². The first-order chi connectivity index (χ1) is 16.8. The molecule has 0 spiro atoms. The number of rotatable bonds is 7. The molecule has 7 nitrogen and oxygen atoms in total. The standard InChI is InChI=1S/C23H19ClF3N5O2S/c24-20(25)22(34)32(14-3-1-12(2-4-14)16-6-8-35-31-16)19(13-9-28-11-29-10-13)21(33)30-18-15-5-7-23(26,27)17(15)18/h1-4,6,8-11,15,17-20H,5,7H2,(H,30,33). The summed E-state index contributed by atoms with van der Waals surface area (Å²) in [5, 5.41) is 4.46. The van der Waals surface area contributed by atoms with Gasteiger partial charge in [0.2, 0.25) is 5.91 Å². The van der Waals surface area contributed by atoms with Crippen molar-refractivity contribution >= 4 is 40.6 Å². The van der Waals surface area contributed by atoms with E-state index in [1.807, 2.05) is 11.4 Å². The van der Waals surface area contributed by atoms with E-state index in [4.69, 9.17) is 11.6 Å². The van der Waals surface area contributed by atoms with Gasteiger partial charge in [0.25, 0.3) is 17.5 Å². The van der Waals surface area contributed by atoms with E-state index in [1.165, 1.54) is 42.4 Å². The molecule has 5 unspecified atom stereocenters. The van der Waals surface area contributed by atoms with Gasteiger partial charge in [0.15, 0.2) is 0 Å². The van der Waals surface area contributed by atoms with E-state index in [1.54, 1.807) is 12.1 Å². The quantitative estimate of drug-likeness (QED) is 0.466. The van der Waals surface area contributed by atoms with Crippen molar-refractivity contribution in [3.05, 3.63) is 60.0 Å². The smallest absolute Gasteiger partial charge is 0.278 e. The molecule has 0 saturated heterocycles. The number of nitrogens with zero attached hydrogens (tertiary/aromatic N) is 4. The minimum Gasteiger partial charge on any atom is -0.350 e. The number of nitrogens with one attached hydrogen (secondary N) is 1. The van der Waals surface area contributed by atoms with E-state index in [2.05, 4.69) is 19.7 Å². The van der Waals surface area contributed by atoms with Crippen LogP contribution in [0, 0.1) is 11.8 Å². The van der Waals surface area contributed by atoms with E-state index in [9.17, 15) is 22.8 Å². The van der Waals surface area contributed by atoms with Crippen LogP contribution in [0.15, 0.2) is 54.4 Å². The molecule has 0 bridgehead atoms. The predicted molar refractivity (Wildman–Crippen MR) is 124 cm³/mol. The van der Waals surface area contributed by atoms with E-state index in [0.29, 0.717) is 12.1 Å². The summed E-state index contributed by atoms with van der Waals surface area (Å²) >= 11 is 6.80. The number of hydrogen-bond acceptors (Lipinski definition) is 6. The molecular weight excluding hydrogens is 503 g/mol. The third-order valence-electron chi connectivity index (χ3n) is 6.48. The van der Waals surface area contributed by atoms with Gasteiger partial charge in [0.1, 0.15) is 12.4 Å². The second-order valence-corrected chi connectivity index (χ2v) is 9.59. The molecule has 182 valence electrons. The number of benzene rings is 1. The van der Waals surface area contributed by atoms with Gasteiger partial charge in [-0.1, -0.05) is 23.7 Å². The molecule has 2 fully saturated rings. The van der Waals surface area contributed by atoms with Crippen molar-refractivity contribution in [3.63, 3.8) is 0 Å². The van der Waals surface area contributed by atoms with Gasteiger partial charge in [-0.3, -0.25) is 14.5 Å². The van der Waals surface area contributed by atoms with Gasteiger partial charge in [-0.15, -0.1) is 0 Å². The fraction of sp³-hybridized carbons (Fsp3) is 0.348. The molecule has 2 aromatic heterocycles. The second-order valence-electron chi connectivity index (χ2n) is 8.54. The highest BCUT2D eigenvalue weighted by atomic mass is 35.5. The Labute approximate surface area is 207 Å². The van der Waals surface area contributed by atoms with E-state index in [-0.39, 0.29) is 23.6 Å². The fourth-order valence-electron chi connectivity index (χ4n) is 4.81. The van der Waals surface area contributed by atoms with Crippen LogP contribution in [-0.4, -0.2) is 43.8 Å². The lowest BCUT2D eigenvalue weighted by atomic mass is 10.0. The maximum Gasteiger partial charge on any atom is 0.278 e. The number of aromatic nitrogens is 3. The second kappa shape index (κ2) is 9.19. The van der Waals surface area contributed by atoms with E-state index in [0.717, 1.165) is 10.5 Å². The number of anilines is 1. The highest BCUT2D eigenvalue weighted by Crippen LogP contribution is 2.60. The summed E-state index contributed by atoms with van der Waals surface area (Å²) in [5.74, 6) is -6.05. The number of hydrogen-bond donors (Lipinski definition) is 1. The normalized spacial score (nSPS) is 23.7. The first kappa shape index (κ1) is 23.7. The minimum atomic E-state index is -2.85. The van der Waals surface area contributed by atoms with Crippen LogP contribution >= 0.6 is 23.1 Å². The van der Waals surface area contributed by atoms with Crippen molar-refractivity contribution in [1.29, 1.82) is 0 Å². The Kier molecular flexibility index (Phi) is 6.22. The van der Waals surface area contributed by atoms with Crippen LogP contribution in [0.4, 0.5) is 18.9 Å². The van der Waals surface area contributed by atoms with E-state index < -0.39 is 41.4 Å². The van der Waals surface area contributed by atoms with E-state index >= 15 is 0 Å². The Morgan fingerprint density at radius 1 is 1.17 bits per heavy atom. The zero-order valence-electron chi connectivity index (χ0n) is 18.0. The van der Waals surface area contributed by atoms with Gasteiger partial charge in [-0.2, -0.15) is 4.37 Å². The fourth-order valence-corrected chi connectivity index (χ4v) is 5.44. The maximum atomic E-state index is 14.1. The molecule has 2 amide bonds. The van der Waals surface area contributed by atoms with Gasteiger partial charge in [0.05, 0.1) is 5.69 Å². The average Bonchev–Trinajstić information content (AvgIpc) is 3.16. The first-order valence-corrected chi connectivity index (χ1v) is 12.1. The Bertz CT molecular complexity index is 1210. The molecule has 2 aliphatic rings. The largest absolute Gasteiger partial charge is 0.350 e. The summed E-state index contributed by atoms with van der Waals surface area (Å²) in [7, 11) is 0. The third-order valence-corrected chi connectivity index (χ3v) is 7.23. The van der Waals surface area contributed by atoms with Gasteiger partial charge in [-0.25, -0.2) is 23.1 Å². The maximum absolute atomic E-state index is 14.1. The molecule has 1 N–H and O–H groups in total. The number of alkyl halides is 4. The molecule has 35 heavy (non-hydrogen) atoms. The van der Waals surface area contributed by atoms with Crippen LogP contribution in [0.25, 0.3) is 11.3 Å². The topological polar surface area (TPSA) is 88.1 Å². The summed E-state index contributed by atoms with van der Waals surface area (Å²) in [4.78, 5) is 35.1. The summed E-state index contributed by atoms with van der Waals surface area (Å²) in [6, 6.07) is 6.09. The first-order valence-electron chi connectivity index (χ1n) is 10.8. The Morgan fingerprint density at radius 2 is 1.89 bits per heavy atom. The highest BCUT2D eigenvalue weighted by molar-refractivity contribution is 7.03. The SMILES string of the molecule is O=C(NC1C2CCC(F)(F)C21)C(c1cncnc1)N(C(=O)C(F)Cl)c1ccc(-c2ccsn2)cc1. The summed E-state index contributed by atoms with van der Waals surface area (Å²) in [6.07, 6.45) is 3.95. The van der Waals surface area contributed by atoms with Crippen LogP contribution in [0.5, 0.6) is 0 Å². The molecule has 5 rings (SSSR count). The van der Waals surface area contributed by atoms with Crippen molar-refractivity contribution in [2.24, 2.45) is 11.8 Å². The molecule has 2 saturated carbocycles. The Morgan fingerprint density at radius 3 is 2.46 bits per heavy atom. The molecule has 2 heterocycles. The van der Waals surface area contributed by atoms with Gasteiger partial charge >= 0.3 is 0 Å². The Hall–Kier alpha value is -3.05. The van der Waals surface area contributed by atoms with Crippen molar-refractivity contribution in [2.75, 3.05) is 4.90 Å². The lowest BCUT2D eigenvalue weighted by Crippen LogP contribution is -2.47. The van der Waals surface area contributed by atoms with Crippen molar-refractivity contribution in [2.45, 2.75) is 36.5 Å². The molecule has 3 aromatic rings. The van der Waals surface area contributed by atoms with Gasteiger partial charge < -0.3 is 5.32 Å². The molecular formula is C23H19ClF3N5O2S. The van der Waals surface area contributed by atoms with Crippen molar-refractivity contribution < 1.29 is 22.8 Å². The van der Waals surface area contributed by atoms with Crippen LogP contribution in [-0.2, 0) is 9.59 Å². The van der Waals surface area contributed by atoms with Gasteiger partial charge in [0, 0.05) is 53.0 Å². The molecule has 1 aromatic carbocycles. The third kappa shape index (κ3) is 4.50. The zero-order chi connectivity index (χ0) is 24.7. The van der Waals surface area contributed by atoms with Crippen LogP contribution in [0.2, 0.25) is 0 Å². The van der Waals surface area contributed by atoms with Crippen molar-refractivity contribution in [1.82, 2.24) is 19.7 Å². The lowest BCUT2D eigenvalue weighted by Gasteiger charge is -2.31. The molecule has 5 atom stereocenters. The zero-order valence-corrected chi connectivity index (χ0v) is 19.6. The van der Waals surface area contributed by atoms with Crippen LogP contribution in [0.3, 0.4) is 0 Å². The summed E-state index contributed by atoms with van der Waals surface area (Å²) in [6.45, 7) is 0. The number of fused-ring (bicyclic) bond motifs is 1. The molecule has 0 aliphatic heterocycles. The van der Waals surface area contributed by atoms with Crippen LogP contribution < -0.4 is 10.2 Å². The molecule has 2 aliphatic carbocycles.